The lowest BCUT2D eigenvalue weighted by molar-refractivity contribution is 0.0601. The topological polar surface area (TPSA) is 76.6 Å². The molecular formula is C24H26N4O3. The highest BCUT2D eigenvalue weighted by Crippen LogP contribution is 2.37. The fourth-order valence-electron chi connectivity index (χ4n) is 3.78. The van der Waals surface area contributed by atoms with Crippen molar-refractivity contribution in [1.82, 2.24) is 9.97 Å². The van der Waals surface area contributed by atoms with Crippen LogP contribution in [-0.4, -0.2) is 43.2 Å². The summed E-state index contributed by atoms with van der Waals surface area (Å²) >= 11 is 0. The van der Waals surface area contributed by atoms with E-state index in [-0.39, 0.29) is 11.9 Å². The monoisotopic (exact) mass is 418 g/mol. The normalized spacial score (nSPS) is 14.9. The predicted molar refractivity (Wildman–Crippen MR) is 120 cm³/mol. The number of hydrogen-bond acceptors (Lipinski definition) is 7. The maximum atomic E-state index is 12.0. The van der Waals surface area contributed by atoms with E-state index in [2.05, 4.69) is 38.4 Å². The number of aryl methyl sites for hydroxylation is 1. The Bertz CT molecular complexity index is 1090. The SMILES string of the molecule is COC(=O)c1ccncc1NC[C@@H]1CCOc2cc(N(C)c3cccc(C)n3)ccc21. The first-order valence-corrected chi connectivity index (χ1v) is 10.3. The van der Waals surface area contributed by atoms with Crippen molar-refractivity contribution in [3.05, 3.63) is 71.7 Å². The molecule has 0 spiro atoms. The molecule has 0 radical (unpaired) electrons. The van der Waals surface area contributed by atoms with Gasteiger partial charge in [0.05, 0.1) is 31.2 Å². The number of nitrogens with one attached hydrogen (secondary N) is 1. The number of carbonyl (C=O) groups is 1. The van der Waals surface area contributed by atoms with Crippen molar-refractivity contribution in [2.24, 2.45) is 0 Å². The van der Waals surface area contributed by atoms with Gasteiger partial charge in [0.25, 0.3) is 0 Å². The Balaban J connectivity index is 1.52. The van der Waals surface area contributed by atoms with E-state index in [4.69, 9.17) is 9.47 Å². The lowest BCUT2D eigenvalue weighted by Gasteiger charge is -2.28. The van der Waals surface area contributed by atoms with Crippen LogP contribution in [-0.2, 0) is 4.74 Å². The fraction of sp³-hybridized carbons (Fsp3) is 0.292. The van der Waals surface area contributed by atoms with Crippen molar-refractivity contribution < 1.29 is 14.3 Å². The van der Waals surface area contributed by atoms with Gasteiger partial charge in [-0.3, -0.25) is 4.98 Å². The number of rotatable bonds is 6. The second-order valence-corrected chi connectivity index (χ2v) is 7.55. The molecule has 4 rings (SSSR count). The summed E-state index contributed by atoms with van der Waals surface area (Å²) < 4.78 is 10.8. The van der Waals surface area contributed by atoms with Crippen LogP contribution in [0.1, 0.15) is 34.0 Å². The van der Waals surface area contributed by atoms with Crippen LogP contribution in [0.3, 0.4) is 0 Å². The van der Waals surface area contributed by atoms with E-state index in [9.17, 15) is 4.79 Å². The Morgan fingerprint density at radius 1 is 1.29 bits per heavy atom. The Morgan fingerprint density at radius 2 is 2.16 bits per heavy atom. The van der Waals surface area contributed by atoms with Gasteiger partial charge in [0, 0.05) is 43.2 Å². The van der Waals surface area contributed by atoms with Gasteiger partial charge in [-0.2, -0.15) is 0 Å². The molecule has 1 N–H and O–H groups in total. The van der Waals surface area contributed by atoms with Gasteiger partial charge in [0.15, 0.2) is 0 Å². The Labute approximate surface area is 182 Å². The number of esters is 1. The van der Waals surface area contributed by atoms with Gasteiger partial charge in [-0.25, -0.2) is 9.78 Å². The predicted octanol–water partition coefficient (Wildman–Crippen LogP) is 4.32. The summed E-state index contributed by atoms with van der Waals surface area (Å²) in [4.78, 5) is 22.8. The zero-order chi connectivity index (χ0) is 21.8. The van der Waals surface area contributed by atoms with E-state index < -0.39 is 0 Å². The van der Waals surface area contributed by atoms with Crippen LogP contribution in [0.4, 0.5) is 17.2 Å². The Kier molecular flexibility index (Phi) is 6.02. The molecule has 0 saturated carbocycles. The molecule has 3 heterocycles. The highest BCUT2D eigenvalue weighted by atomic mass is 16.5. The molecular weight excluding hydrogens is 392 g/mol. The molecule has 0 fully saturated rings. The number of pyridine rings is 2. The van der Waals surface area contributed by atoms with Gasteiger partial charge in [-0.1, -0.05) is 12.1 Å². The summed E-state index contributed by atoms with van der Waals surface area (Å²) in [6.07, 6.45) is 4.13. The third kappa shape index (κ3) is 4.45. The molecule has 0 unspecified atom stereocenters. The summed E-state index contributed by atoms with van der Waals surface area (Å²) in [6, 6.07) is 13.9. The highest BCUT2D eigenvalue weighted by Gasteiger charge is 2.23. The number of benzene rings is 1. The van der Waals surface area contributed by atoms with Crippen LogP contribution in [0, 0.1) is 6.92 Å². The molecule has 1 aliphatic heterocycles. The van der Waals surface area contributed by atoms with E-state index in [0.29, 0.717) is 24.4 Å². The molecule has 7 heteroatoms. The van der Waals surface area contributed by atoms with E-state index >= 15 is 0 Å². The first-order valence-electron chi connectivity index (χ1n) is 10.3. The minimum absolute atomic E-state index is 0.255. The summed E-state index contributed by atoms with van der Waals surface area (Å²) in [5.74, 6) is 1.65. The smallest absolute Gasteiger partial charge is 0.340 e. The summed E-state index contributed by atoms with van der Waals surface area (Å²) in [5, 5.41) is 3.37. The maximum absolute atomic E-state index is 12.0. The van der Waals surface area contributed by atoms with Crippen LogP contribution in [0.5, 0.6) is 5.75 Å². The zero-order valence-electron chi connectivity index (χ0n) is 18.0. The number of aromatic nitrogens is 2. The van der Waals surface area contributed by atoms with E-state index in [0.717, 1.165) is 34.9 Å². The van der Waals surface area contributed by atoms with Crippen LogP contribution in [0.15, 0.2) is 54.9 Å². The van der Waals surface area contributed by atoms with Crippen LogP contribution in [0.2, 0.25) is 0 Å². The number of methoxy groups -OCH3 is 1. The largest absolute Gasteiger partial charge is 0.493 e. The van der Waals surface area contributed by atoms with Gasteiger partial charge in [0.1, 0.15) is 11.6 Å². The van der Waals surface area contributed by atoms with Gasteiger partial charge in [-0.05, 0) is 43.2 Å². The number of nitrogens with zero attached hydrogens (tertiary/aromatic N) is 3. The third-order valence-electron chi connectivity index (χ3n) is 5.53. The second kappa shape index (κ2) is 9.04. The molecule has 1 aromatic carbocycles. The zero-order valence-corrected chi connectivity index (χ0v) is 18.0. The summed E-state index contributed by atoms with van der Waals surface area (Å²) in [5.41, 5.74) is 4.30. The molecule has 7 nitrogen and oxygen atoms in total. The van der Waals surface area contributed by atoms with Crippen molar-refractivity contribution in [1.29, 1.82) is 0 Å². The lowest BCUT2D eigenvalue weighted by Crippen LogP contribution is -2.22. The number of hydrogen-bond donors (Lipinski definition) is 1. The van der Waals surface area contributed by atoms with E-state index in [1.807, 2.05) is 32.2 Å². The summed E-state index contributed by atoms with van der Waals surface area (Å²) in [7, 11) is 3.38. The average molecular weight is 418 g/mol. The van der Waals surface area contributed by atoms with Crippen LogP contribution < -0.4 is 15.0 Å². The molecule has 2 aromatic heterocycles. The van der Waals surface area contributed by atoms with Crippen molar-refractivity contribution in [2.75, 3.05) is 37.5 Å². The van der Waals surface area contributed by atoms with Gasteiger partial charge < -0.3 is 19.7 Å². The van der Waals surface area contributed by atoms with Crippen molar-refractivity contribution in [3.63, 3.8) is 0 Å². The fourth-order valence-corrected chi connectivity index (χ4v) is 3.78. The van der Waals surface area contributed by atoms with E-state index in [1.165, 1.54) is 7.11 Å². The lowest BCUT2D eigenvalue weighted by atomic mass is 9.92. The average Bonchev–Trinajstić information content (AvgIpc) is 2.81. The van der Waals surface area contributed by atoms with Gasteiger partial charge >= 0.3 is 5.97 Å². The van der Waals surface area contributed by atoms with Crippen molar-refractivity contribution in [2.45, 2.75) is 19.3 Å². The minimum atomic E-state index is -0.380. The number of anilines is 3. The quantitative estimate of drug-likeness (QED) is 0.598. The molecule has 0 saturated heterocycles. The van der Waals surface area contributed by atoms with E-state index in [1.54, 1.807) is 18.5 Å². The number of fused-ring (bicyclic) bond motifs is 1. The first-order chi connectivity index (χ1) is 15.1. The van der Waals surface area contributed by atoms with Gasteiger partial charge in [-0.15, -0.1) is 0 Å². The Morgan fingerprint density at radius 3 is 2.97 bits per heavy atom. The van der Waals surface area contributed by atoms with Crippen molar-refractivity contribution in [3.8, 4) is 5.75 Å². The first kappa shape index (κ1) is 20.7. The summed E-state index contributed by atoms with van der Waals surface area (Å²) in [6.45, 7) is 3.30. The van der Waals surface area contributed by atoms with Gasteiger partial charge in [0.2, 0.25) is 0 Å². The molecule has 0 bridgehead atoms. The van der Waals surface area contributed by atoms with Crippen LogP contribution >= 0.6 is 0 Å². The molecule has 0 aliphatic carbocycles. The molecule has 1 aliphatic rings. The molecule has 3 aromatic rings. The van der Waals surface area contributed by atoms with Crippen molar-refractivity contribution >= 4 is 23.2 Å². The molecule has 160 valence electrons. The standard InChI is InChI=1S/C24H26N4O3/c1-16-5-4-6-23(27-16)28(2)18-7-8-19-17(10-12-31-22(19)13-18)14-26-21-15-25-11-9-20(21)24(29)30-3/h4-9,11,13,15,17,26H,10,12,14H2,1-3H3/t17-/m0/s1. The Hall–Kier alpha value is -3.61. The molecule has 31 heavy (non-hydrogen) atoms. The van der Waals surface area contributed by atoms with Crippen LogP contribution in [0.25, 0.3) is 0 Å². The second-order valence-electron chi connectivity index (χ2n) is 7.55. The maximum Gasteiger partial charge on any atom is 0.340 e. The highest BCUT2D eigenvalue weighted by molar-refractivity contribution is 5.95. The third-order valence-corrected chi connectivity index (χ3v) is 5.53. The minimum Gasteiger partial charge on any atom is -0.493 e. The molecule has 0 amide bonds. The number of carbonyl (C=O) groups excluding carboxylic acids is 1. The number of ether oxygens (including phenoxy) is 2. The molecule has 1 atom stereocenters.